The monoisotopic (exact) mass is 667 g/mol. The van der Waals surface area contributed by atoms with E-state index in [9.17, 15) is 14.7 Å². The van der Waals surface area contributed by atoms with E-state index in [1.54, 1.807) is 38.3 Å². The van der Waals surface area contributed by atoms with Crippen LogP contribution in [0.3, 0.4) is 0 Å². The number of carboxylic acid groups (broad SMARTS) is 1. The predicted octanol–water partition coefficient (Wildman–Crippen LogP) is 5.88. The number of halogens is 2. The van der Waals surface area contributed by atoms with Crippen molar-refractivity contribution >= 4 is 34.5 Å². The van der Waals surface area contributed by atoms with E-state index in [-0.39, 0.29) is 71.6 Å². The van der Waals surface area contributed by atoms with Gasteiger partial charge in [-0.1, -0.05) is 51.4 Å². The number of amides is 1. The summed E-state index contributed by atoms with van der Waals surface area (Å²) < 4.78 is 27.5. The van der Waals surface area contributed by atoms with E-state index in [1.807, 2.05) is 39.5 Å². The fraction of sp³-hybridized carbons (Fsp3) is 0.455. The molecule has 0 spiro atoms. The molecule has 1 amide bonds. The third-order valence-corrected chi connectivity index (χ3v) is 8.48. The lowest BCUT2D eigenvalue weighted by molar-refractivity contribution is 0.114. The number of benzene rings is 1. The summed E-state index contributed by atoms with van der Waals surface area (Å²) in [5, 5.41) is 10.3. The van der Waals surface area contributed by atoms with Crippen molar-refractivity contribution in [1.29, 1.82) is 0 Å². The molecule has 0 radical (unpaired) electrons. The lowest BCUT2D eigenvalue weighted by atomic mass is 10.0. The minimum absolute atomic E-state index is 0.150. The molecule has 250 valence electrons. The highest BCUT2D eigenvalue weighted by Gasteiger charge is 2.35. The van der Waals surface area contributed by atoms with Crippen LogP contribution in [0.4, 0.5) is 15.0 Å². The molecule has 12 nitrogen and oxygen atoms in total. The van der Waals surface area contributed by atoms with E-state index >= 15 is 4.39 Å². The van der Waals surface area contributed by atoms with E-state index in [0.29, 0.717) is 34.9 Å². The molecule has 0 unspecified atom stereocenters. The second kappa shape index (κ2) is 13.8. The van der Waals surface area contributed by atoms with Gasteiger partial charge in [0.25, 0.3) is 0 Å². The molecule has 1 aliphatic heterocycles. The van der Waals surface area contributed by atoms with E-state index in [0.717, 1.165) is 0 Å². The molecule has 4 aromatic rings. The van der Waals surface area contributed by atoms with Crippen LogP contribution in [-0.2, 0) is 4.74 Å². The Balaban J connectivity index is 1.85. The molecule has 1 aliphatic rings. The van der Waals surface area contributed by atoms with E-state index in [2.05, 4.69) is 4.98 Å². The molecule has 4 heterocycles. The number of hydrogen-bond donors (Lipinski definition) is 1. The van der Waals surface area contributed by atoms with E-state index in [4.69, 9.17) is 36.0 Å². The number of nitrogens with zero attached hydrogens (tertiary/aromatic N) is 7. The highest BCUT2D eigenvalue weighted by molar-refractivity contribution is 6.33. The third kappa shape index (κ3) is 6.59. The fourth-order valence-electron chi connectivity index (χ4n) is 5.84. The summed E-state index contributed by atoms with van der Waals surface area (Å²) >= 11 is 6.83. The predicted molar refractivity (Wildman–Crippen MR) is 178 cm³/mol. The third-order valence-electron chi connectivity index (χ3n) is 8.19. The smallest absolute Gasteiger partial charge is 0.407 e. The average molecular weight is 668 g/mol. The van der Waals surface area contributed by atoms with Crippen LogP contribution in [0.25, 0.3) is 28.0 Å². The number of hydrogen-bond acceptors (Lipinski definition) is 9. The van der Waals surface area contributed by atoms with Gasteiger partial charge < -0.3 is 24.4 Å². The zero-order valence-corrected chi connectivity index (χ0v) is 28.2. The molecule has 0 bridgehead atoms. The Labute approximate surface area is 277 Å². The molecule has 3 aromatic heterocycles. The first-order valence-electron chi connectivity index (χ1n) is 15.5. The molecule has 2 atom stereocenters. The minimum Gasteiger partial charge on any atom is -0.465 e. The van der Waals surface area contributed by atoms with Gasteiger partial charge in [0, 0.05) is 37.8 Å². The van der Waals surface area contributed by atoms with E-state index in [1.165, 1.54) is 15.5 Å². The molecule has 0 saturated carbocycles. The number of piperazine rings is 1. The van der Waals surface area contributed by atoms with Gasteiger partial charge in [0.1, 0.15) is 18.2 Å². The highest BCUT2D eigenvalue weighted by atomic mass is 35.5. The molecule has 1 saturated heterocycles. The van der Waals surface area contributed by atoms with Crippen LogP contribution in [0.1, 0.15) is 64.8 Å². The summed E-state index contributed by atoms with van der Waals surface area (Å²) in [6.45, 7) is 12.5. The van der Waals surface area contributed by atoms with Crippen LogP contribution in [-0.4, -0.2) is 86.1 Å². The highest BCUT2D eigenvalue weighted by Crippen LogP contribution is 2.37. The Morgan fingerprint density at radius 3 is 2.28 bits per heavy atom. The van der Waals surface area contributed by atoms with Crippen molar-refractivity contribution in [3.8, 4) is 23.0 Å². The number of rotatable bonds is 9. The van der Waals surface area contributed by atoms with Crippen LogP contribution in [0, 0.1) is 5.82 Å². The van der Waals surface area contributed by atoms with Crippen molar-refractivity contribution in [3.63, 3.8) is 0 Å². The minimum atomic E-state index is -1.02. The van der Waals surface area contributed by atoms with E-state index < -0.39 is 17.6 Å². The van der Waals surface area contributed by atoms with Crippen molar-refractivity contribution in [3.05, 3.63) is 63.0 Å². The molecular weight excluding hydrogens is 629 g/mol. The number of pyridine rings is 1. The number of anilines is 1. The van der Waals surface area contributed by atoms with Crippen molar-refractivity contribution in [1.82, 2.24) is 29.4 Å². The summed E-state index contributed by atoms with van der Waals surface area (Å²) in [5.74, 6) is -0.582. The molecule has 1 fully saturated rings. The first kappa shape index (κ1) is 34.0. The zero-order chi connectivity index (χ0) is 34.2. The fourth-order valence-corrected chi connectivity index (χ4v) is 6.09. The standard InChI is InChI=1S/C33H39ClFN7O5/c1-17(2)25-28(26(18(3)4)38-31(37-25)47-13-12-46-7)42-30-22(14-23(34)27(36-30)21-10-8-9-11-24(21)35)29(39-32(42)43)40-15-20(6)41(33(44)45)16-19(40)5/h8-11,14,17-20H,12-13,15-16H2,1-7H3,(H,44,45)/t19-,20+/m0/s1. The molecule has 0 aliphatic carbocycles. The maximum Gasteiger partial charge on any atom is 0.407 e. The quantitative estimate of drug-likeness (QED) is 0.216. The first-order valence-corrected chi connectivity index (χ1v) is 15.9. The summed E-state index contributed by atoms with van der Waals surface area (Å²) in [5.41, 5.74) is 1.34. The van der Waals surface area contributed by atoms with Crippen molar-refractivity contribution in [2.45, 2.75) is 65.5 Å². The molecular formula is C33H39ClFN7O5. The Hall–Kier alpha value is -4.36. The SMILES string of the molecule is COCCOc1nc(C(C)C)c(-n2c(=O)nc(N3C[C@@H](C)N(C(=O)O)C[C@@H]3C)c3cc(Cl)c(-c4ccccc4F)nc32)c(C(C)C)n1. The lowest BCUT2D eigenvalue weighted by Crippen LogP contribution is -2.58. The summed E-state index contributed by atoms with van der Waals surface area (Å²) in [7, 11) is 1.57. The van der Waals surface area contributed by atoms with Gasteiger partial charge in [-0.15, -0.1) is 0 Å². The van der Waals surface area contributed by atoms with Crippen LogP contribution in [0.2, 0.25) is 5.02 Å². The number of ether oxygens (including phenoxy) is 2. The van der Waals surface area contributed by atoms with Crippen LogP contribution < -0.4 is 15.3 Å². The van der Waals surface area contributed by atoms with Gasteiger partial charge in [0.05, 0.1) is 39.8 Å². The summed E-state index contributed by atoms with van der Waals surface area (Å²) in [6, 6.07) is 7.22. The molecule has 1 aromatic carbocycles. The summed E-state index contributed by atoms with van der Waals surface area (Å²) in [6.07, 6.45) is -1.02. The molecule has 14 heteroatoms. The van der Waals surface area contributed by atoms with Crippen molar-refractivity contribution in [2.75, 3.05) is 38.3 Å². The van der Waals surface area contributed by atoms with Gasteiger partial charge in [-0.2, -0.15) is 15.0 Å². The number of fused-ring (bicyclic) bond motifs is 1. The van der Waals surface area contributed by atoms with Crippen molar-refractivity contribution < 1.29 is 23.8 Å². The average Bonchev–Trinajstić information content (AvgIpc) is 3.01. The Kier molecular flexibility index (Phi) is 9.97. The second-order valence-electron chi connectivity index (χ2n) is 12.3. The molecule has 5 rings (SSSR count). The number of aromatic nitrogens is 5. The topological polar surface area (TPSA) is 136 Å². The summed E-state index contributed by atoms with van der Waals surface area (Å²) in [4.78, 5) is 48.4. The molecule has 1 N–H and O–H groups in total. The van der Waals surface area contributed by atoms with Gasteiger partial charge in [-0.3, -0.25) is 0 Å². The van der Waals surface area contributed by atoms with Crippen LogP contribution in [0.5, 0.6) is 6.01 Å². The first-order chi connectivity index (χ1) is 22.3. The van der Waals surface area contributed by atoms with Gasteiger partial charge >= 0.3 is 17.8 Å². The van der Waals surface area contributed by atoms with Gasteiger partial charge in [0.15, 0.2) is 5.65 Å². The zero-order valence-electron chi connectivity index (χ0n) is 27.5. The maximum absolute atomic E-state index is 15.2. The van der Waals surface area contributed by atoms with Crippen molar-refractivity contribution in [2.24, 2.45) is 0 Å². The maximum atomic E-state index is 15.2. The second-order valence-corrected chi connectivity index (χ2v) is 12.7. The van der Waals surface area contributed by atoms with Crippen LogP contribution >= 0.6 is 11.6 Å². The Morgan fingerprint density at radius 1 is 1.02 bits per heavy atom. The van der Waals surface area contributed by atoms with Gasteiger partial charge in [-0.25, -0.2) is 23.5 Å². The van der Waals surface area contributed by atoms with Gasteiger partial charge in [-0.05, 0) is 43.9 Å². The van der Waals surface area contributed by atoms with Crippen LogP contribution in [0.15, 0.2) is 35.1 Å². The molecule has 47 heavy (non-hydrogen) atoms. The number of carbonyl (C=O) groups is 1. The largest absolute Gasteiger partial charge is 0.465 e. The lowest BCUT2D eigenvalue weighted by Gasteiger charge is -2.43. The number of methoxy groups -OCH3 is 1. The van der Waals surface area contributed by atoms with Gasteiger partial charge in [0.2, 0.25) is 0 Å². The Morgan fingerprint density at radius 2 is 1.68 bits per heavy atom. The Bertz CT molecular complexity index is 1840. The normalized spacial score (nSPS) is 16.8.